The monoisotopic (exact) mass is 224 g/mol. The summed E-state index contributed by atoms with van der Waals surface area (Å²) in [4.78, 5) is 2.27. The Morgan fingerprint density at radius 3 is 2.88 bits per heavy atom. The van der Waals surface area contributed by atoms with Crippen LogP contribution in [-0.4, -0.2) is 34.6 Å². The molecule has 5 nitrogen and oxygen atoms in total. The Bertz CT molecular complexity index is 374. The van der Waals surface area contributed by atoms with Crippen molar-refractivity contribution >= 4 is 11.5 Å². The van der Waals surface area contributed by atoms with E-state index in [4.69, 9.17) is 10.8 Å². The largest absolute Gasteiger partial charge is 0.396 e. The molecule has 0 amide bonds. The van der Waals surface area contributed by atoms with Crippen molar-refractivity contribution in [2.75, 3.05) is 30.3 Å². The summed E-state index contributed by atoms with van der Waals surface area (Å²) in [6.07, 6.45) is 2.01. The molecule has 1 atom stereocenters. The summed E-state index contributed by atoms with van der Waals surface area (Å²) in [7, 11) is 1.93. The molecule has 1 aliphatic heterocycles. The van der Waals surface area contributed by atoms with Gasteiger partial charge in [-0.2, -0.15) is 5.10 Å². The van der Waals surface area contributed by atoms with Crippen LogP contribution in [0.5, 0.6) is 0 Å². The van der Waals surface area contributed by atoms with E-state index in [2.05, 4.69) is 10.00 Å². The Labute approximate surface area is 95.8 Å². The third-order valence-electron chi connectivity index (χ3n) is 3.36. The number of nitrogens with zero attached hydrogens (tertiary/aromatic N) is 3. The van der Waals surface area contributed by atoms with E-state index in [1.165, 1.54) is 0 Å². The fourth-order valence-electron chi connectivity index (χ4n) is 2.48. The maximum Gasteiger partial charge on any atom is 0.150 e. The van der Waals surface area contributed by atoms with Gasteiger partial charge in [0.2, 0.25) is 0 Å². The number of aromatic nitrogens is 2. The van der Waals surface area contributed by atoms with E-state index < -0.39 is 0 Å². The molecule has 2 heterocycles. The minimum absolute atomic E-state index is 0.276. The molecule has 0 saturated carbocycles. The van der Waals surface area contributed by atoms with Gasteiger partial charge in [0.15, 0.2) is 0 Å². The molecular weight excluding hydrogens is 204 g/mol. The van der Waals surface area contributed by atoms with E-state index in [9.17, 15) is 0 Å². The second-order valence-corrected chi connectivity index (χ2v) is 4.56. The Hall–Kier alpha value is -1.23. The van der Waals surface area contributed by atoms with Gasteiger partial charge in [-0.3, -0.25) is 4.68 Å². The molecule has 90 valence electrons. The first kappa shape index (κ1) is 11.3. The predicted octanol–water partition coefficient (Wildman–Crippen LogP) is 0.519. The van der Waals surface area contributed by atoms with Gasteiger partial charge in [-0.1, -0.05) is 0 Å². The molecule has 16 heavy (non-hydrogen) atoms. The Morgan fingerprint density at radius 1 is 1.56 bits per heavy atom. The molecular formula is C11H20N4O. The number of hydrogen-bond acceptors (Lipinski definition) is 4. The van der Waals surface area contributed by atoms with Crippen molar-refractivity contribution in [2.45, 2.75) is 19.8 Å². The van der Waals surface area contributed by atoms with E-state index >= 15 is 0 Å². The molecule has 5 heteroatoms. The third-order valence-corrected chi connectivity index (χ3v) is 3.36. The van der Waals surface area contributed by atoms with Crippen molar-refractivity contribution in [1.82, 2.24) is 9.78 Å². The number of hydrogen-bond donors (Lipinski definition) is 2. The lowest BCUT2D eigenvalue weighted by Gasteiger charge is -2.19. The van der Waals surface area contributed by atoms with Crippen molar-refractivity contribution in [3.8, 4) is 0 Å². The summed E-state index contributed by atoms with van der Waals surface area (Å²) in [6.45, 7) is 4.19. The van der Waals surface area contributed by atoms with Crippen LogP contribution in [0.3, 0.4) is 0 Å². The lowest BCUT2D eigenvalue weighted by molar-refractivity contribution is 0.263. The zero-order chi connectivity index (χ0) is 11.7. The summed E-state index contributed by atoms with van der Waals surface area (Å²) in [6, 6.07) is 0. The average Bonchev–Trinajstić information content (AvgIpc) is 2.75. The zero-order valence-electron chi connectivity index (χ0n) is 9.98. The number of rotatable bonds is 3. The van der Waals surface area contributed by atoms with Gasteiger partial charge in [-0.25, -0.2) is 0 Å². The number of anilines is 2. The van der Waals surface area contributed by atoms with Gasteiger partial charge in [0.1, 0.15) is 5.82 Å². The van der Waals surface area contributed by atoms with E-state index in [1.54, 1.807) is 0 Å². The highest BCUT2D eigenvalue weighted by molar-refractivity contribution is 5.66. The zero-order valence-corrected chi connectivity index (χ0v) is 9.98. The SMILES string of the molecule is Cc1nn(C)c(N2CCC(CCO)C2)c1N. The second kappa shape index (κ2) is 4.33. The van der Waals surface area contributed by atoms with Gasteiger partial charge in [0.05, 0.1) is 11.4 Å². The summed E-state index contributed by atoms with van der Waals surface area (Å²) in [5.74, 6) is 1.61. The van der Waals surface area contributed by atoms with E-state index in [1.807, 2.05) is 18.7 Å². The highest BCUT2D eigenvalue weighted by Crippen LogP contribution is 2.31. The quantitative estimate of drug-likeness (QED) is 0.785. The van der Waals surface area contributed by atoms with Gasteiger partial charge in [-0.15, -0.1) is 0 Å². The second-order valence-electron chi connectivity index (χ2n) is 4.56. The normalized spacial score (nSPS) is 20.7. The number of aliphatic hydroxyl groups is 1. The van der Waals surface area contributed by atoms with Crippen molar-refractivity contribution in [3.05, 3.63) is 5.69 Å². The number of aliphatic hydroxyl groups excluding tert-OH is 1. The molecule has 1 aromatic heterocycles. The number of nitrogens with two attached hydrogens (primary N) is 1. The van der Waals surface area contributed by atoms with Gasteiger partial charge in [0, 0.05) is 26.7 Å². The summed E-state index contributed by atoms with van der Waals surface area (Å²) >= 11 is 0. The van der Waals surface area contributed by atoms with Crippen molar-refractivity contribution in [1.29, 1.82) is 0 Å². The first-order chi connectivity index (χ1) is 7.63. The van der Waals surface area contributed by atoms with Crippen LogP contribution < -0.4 is 10.6 Å². The molecule has 3 N–H and O–H groups in total. The minimum atomic E-state index is 0.276. The number of aryl methyl sites for hydroxylation is 2. The first-order valence-corrected chi connectivity index (χ1v) is 5.78. The van der Waals surface area contributed by atoms with Gasteiger partial charge >= 0.3 is 0 Å². The van der Waals surface area contributed by atoms with Crippen LogP contribution in [0, 0.1) is 12.8 Å². The molecule has 0 bridgehead atoms. The van der Waals surface area contributed by atoms with Crippen LogP contribution in [0.25, 0.3) is 0 Å². The molecule has 1 aromatic rings. The summed E-state index contributed by atoms with van der Waals surface area (Å²) in [5.41, 5.74) is 7.70. The highest BCUT2D eigenvalue weighted by Gasteiger charge is 2.26. The molecule has 0 spiro atoms. The molecule has 1 aliphatic rings. The number of nitrogen functional groups attached to an aromatic ring is 1. The smallest absolute Gasteiger partial charge is 0.150 e. The van der Waals surface area contributed by atoms with Crippen molar-refractivity contribution in [2.24, 2.45) is 13.0 Å². The molecule has 1 fully saturated rings. The van der Waals surface area contributed by atoms with Crippen LogP contribution in [0.1, 0.15) is 18.5 Å². The van der Waals surface area contributed by atoms with Crippen molar-refractivity contribution < 1.29 is 5.11 Å². The predicted molar refractivity (Wildman–Crippen MR) is 64.4 cm³/mol. The Balaban J connectivity index is 2.14. The summed E-state index contributed by atoms with van der Waals surface area (Å²) < 4.78 is 1.85. The van der Waals surface area contributed by atoms with Crippen LogP contribution in [0.2, 0.25) is 0 Å². The molecule has 0 aliphatic carbocycles. The van der Waals surface area contributed by atoms with Gasteiger partial charge in [0.25, 0.3) is 0 Å². The maximum atomic E-state index is 8.94. The average molecular weight is 224 g/mol. The van der Waals surface area contributed by atoms with Crippen LogP contribution in [-0.2, 0) is 7.05 Å². The van der Waals surface area contributed by atoms with Crippen molar-refractivity contribution in [3.63, 3.8) is 0 Å². The molecule has 1 saturated heterocycles. The summed E-state index contributed by atoms with van der Waals surface area (Å²) in [5, 5.41) is 13.3. The molecule has 0 radical (unpaired) electrons. The topological polar surface area (TPSA) is 67.3 Å². The van der Waals surface area contributed by atoms with E-state index in [0.29, 0.717) is 5.92 Å². The van der Waals surface area contributed by atoms with Gasteiger partial charge < -0.3 is 15.7 Å². The lowest BCUT2D eigenvalue weighted by atomic mass is 10.1. The lowest BCUT2D eigenvalue weighted by Crippen LogP contribution is -2.23. The fourth-order valence-corrected chi connectivity index (χ4v) is 2.48. The fraction of sp³-hybridized carbons (Fsp3) is 0.727. The standard InChI is InChI=1S/C11H20N4O/c1-8-10(12)11(14(2)13-8)15-5-3-9(7-15)4-6-16/h9,16H,3-7,12H2,1-2H3. The molecule has 0 aromatic carbocycles. The third kappa shape index (κ3) is 1.87. The van der Waals surface area contributed by atoms with Crippen LogP contribution >= 0.6 is 0 Å². The first-order valence-electron chi connectivity index (χ1n) is 5.78. The Morgan fingerprint density at radius 2 is 2.31 bits per heavy atom. The van der Waals surface area contributed by atoms with Gasteiger partial charge in [-0.05, 0) is 25.7 Å². The molecule has 1 unspecified atom stereocenters. The minimum Gasteiger partial charge on any atom is -0.396 e. The molecule has 2 rings (SSSR count). The Kier molecular flexibility index (Phi) is 3.05. The maximum absolute atomic E-state index is 8.94. The van der Waals surface area contributed by atoms with E-state index in [0.717, 1.165) is 43.1 Å². The van der Waals surface area contributed by atoms with Crippen LogP contribution in [0.4, 0.5) is 11.5 Å². The van der Waals surface area contributed by atoms with Crippen LogP contribution in [0.15, 0.2) is 0 Å². The van der Waals surface area contributed by atoms with E-state index in [-0.39, 0.29) is 6.61 Å². The highest BCUT2D eigenvalue weighted by atomic mass is 16.3.